The minimum Gasteiger partial charge on any atom is -0.465 e. The molecule has 0 spiro atoms. The van der Waals surface area contributed by atoms with E-state index in [4.69, 9.17) is 14.2 Å². The lowest BCUT2D eigenvalue weighted by molar-refractivity contribution is -0.129. The van der Waals surface area contributed by atoms with Gasteiger partial charge in [0.25, 0.3) is 0 Å². The van der Waals surface area contributed by atoms with Crippen LogP contribution in [-0.4, -0.2) is 18.9 Å². The average Bonchev–Trinajstić information content (AvgIpc) is 2.83. The van der Waals surface area contributed by atoms with E-state index >= 15 is 0 Å². The molecule has 1 aliphatic rings. The van der Waals surface area contributed by atoms with E-state index in [-0.39, 0.29) is 12.3 Å². The summed E-state index contributed by atoms with van der Waals surface area (Å²) < 4.78 is 16.5. The van der Waals surface area contributed by atoms with Gasteiger partial charge in [-0.25, -0.2) is 4.79 Å². The van der Waals surface area contributed by atoms with Crippen LogP contribution in [0.4, 0.5) is 0 Å². The summed E-state index contributed by atoms with van der Waals surface area (Å²) in [6, 6.07) is 15.4. The van der Waals surface area contributed by atoms with E-state index in [0.717, 1.165) is 16.9 Å². The second kappa shape index (κ2) is 13.4. The molecule has 4 heteroatoms. The highest BCUT2D eigenvalue weighted by Crippen LogP contribution is 2.24. The third kappa shape index (κ3) is 9.11. The van der Waals surface area contributed by atoms with Crippen molar-refractivity contribution in [3.05, 3.63) is 84.0 Å². The highest BCUT2D eigenvalue weighted by molar-refractivity contribution is 5.84. The minimum atomic E-state index is -0.310. The van der Waals surface area contributed by atoms with Gasteiger partial charge in [-0.1, -0.05) is 73.9 Å². The molecule has 0 heterocycles. The van der Waals surface area contributed by atoms with Crippen LogP contribution < -0.4 is 9.47 Å². The topological polar surface area (TPSA) is 44.8 Å². The van der Waals surface area contributed by atoms with Gasteiger partial charge < -0.3 is 14.2 Å². The quantitative estimate of drug-likeness (QED) is 0.127. The summed E-state index contributed by atoms with van der Waals surface area (Å²) in [7, 11) is 0. The third-order valence-corrected chi connectivity index (χ3v) is 5.52. The molecule has 0 amide bonds. The molecule has 2 aromatic carbocycles. The Bertz CT molecular complexity index is 933. The van der Waals surface area contributed by atoms with E-state index in [1.54, 1.807) is 6.08 Å². The summed E-state index contributed by atoms with van der Waals surface area (Å²) in [4.78, 5) is 12.0. The summed E-state index contributed by atoms with van der Waals surface area (Å²) in [5.41, 5.74) is 2.12. The normalized spacial score (nSPS) is 15.9. The number of carbonyl (C=O) groups is 1. The highest BCUT2D eigenvalue weighted by atomic mass is 16.7. The number of ether oxygens (including phenoxy) is 3. The number of hydrogen-bond acceptors (Lipinski definition) is 4. The van der Waals surface area contributed by atoms with Gasteiger partial charge in [-0.15, -0.1) is 0 Å². The van der Waals surface area contributed by atoms with Crippen LogP contribution >= 0.6 is 0 Å². The maximum atomic E-state index is 12.0. The zero-order chi connectivity index (χ0) is 23.3. The molecule has 174 valence electrons. The van der Waals surface area contributed by atoms with Crippen LogP contribution in [0.1, 0.15) is 57.1 Å². The zero-order valence-corrected chi connectivity index (χ0v) is 19.6. The van der Waals surface area contributed by atoms with Crippen molar-refractivity contribution in [3.8, 4) is 11.5 Å². The van der Waals surface area contributed by atoms with Gasteiger partial charge in [0.1, 0.15) is 11.5 Å². The Hall–Kier alpha value is -3.11. The molecule has 1 aliphatic carbocycles. The lowest BCUT2D eigenvalue weighted by atomic mass is 9.89. The van der Waals surface area contributed by atoms with Crippen molar-refractivity contribution < 1.29 is 19.0 Å². The largest absolute Gasteiger partial charge is 0.465 e. The van der Waals surface area contributed by atoms with Crippen molar-refractivity contribution in [3.63, 3.8) is 0 Å². The van der Waals surface area contributed by atoms with Gasteiger partial charge in [-0.2, -0.15) is 0 Å². The standard InChI is InChI=1S/C29H34O4/c1-3-31-23(2)32-27-18-13-25(14-19-27)11-7-8-12-26-15-20-28(21-16-26)33-29(30)22-17-24-9-5-4-6-10-24/h7-8,11-24H,3-6,9-10H2,1-2H3. The smallest absolute Gasteiger partial charge is 0.335 e. The minimum absolute atomic E-state index is 0.257. The molecule has 1 unspecified atom stereocenters. The van der Waals surface area contributed by atoms with Crippen molar-refractivity contribution in [1.82, 2.24) is 0 Å². The fourth-order valence-electron chi connectivity index (χ4n) is 3.79. The summed E-state index contributed by atoms with van der Waals surface area (Å²) in [6.07, 6.45) is 17.5. The van der Waals surface area contributed by atoms with Gasteiger partial charge in [0.15, 0.2) is 6.29 Å². The van der Waals surface area contributed by atoms with E-state index in [1.165, 1.54) is 32.1 Å². The lowest BCUT2D eigenvalue weighted by Gasteiger charge is -2.17. The van der Waals surface area contributed by atoms with Crippen molar-refractivity contribution >= 4 is 18.1 Å². The second-order valence-electron chi connectivity index (χ2n) is 8.18. The van der Waals surface area contributed by atoms with Gasteiger partial charge in [-0.05, 0) is 68.0 Å². The molecule has 0 aromatic heterocycles. The van der Waals surface area contributed by atoms with Gasteiger partial charge in [0.2, 0.25) is 0 Å². The van der Waals surface area contributed by atoms with Crippen LogP contribution in [0.25, 0.3) is 12.2 Å². The van der Waals surface area contributed by atoms with Crippen LogP contribution in [0.2, 0.25) is 0 Å². The molecule has 4 nitrogen and oxygen atoms in total. The maximum Gasteiger partial charge on any atom is 0.335 e. The van der Waals surface area contributed by atoms with Crippen molar-refractivity contribution in [2.75, 3.05) is 6.61 Å². The Morgan fingerprint density at radius 1 is 0.909 bits per heavy atom. The summed E-state index contributed by atoms with van der Waals surface area (Å²) in [5.74, 6) is 1.55. The fourth-order valence-corrected chi connectivity index (χ4v) is 3.79. The van der Waals surface area contributed by atoms with Gasteiger partial charge in [0.05, 0.1) is 0 Å². The van der Waals surface area contributed by atoms with Crippen LogP contribution in [0, 0.1) is 5.92 Å². The molecule has 3 rings (SSSR count). The third-order valence-electron chi connectivity index (χ3n) is 5.52. The van der Waals surface area contributed by atoms with E-state index in [9.17, 15) is 4.79 Å². The molecule has 0 radical (unpaired) electrons. The number of rotatable bonds is 10. The zero-order valence-electron chi connectivity index (χ0n) is 19.6. The molecular formula is C29H34O4. The first-order valence-electron chi connectivity index (χ1n) is 11.9. The predicted molar refractivity (Wildman–Crippen MR) is 134 cm³/mol. The van der Waals surface area contributed by atoms with Crippen molar-refractivity contribution in [1.29, 1.82) is 0 Å². The number of hydrogen-bond donors (Lipinski definition) is 0. The Balaban J connectivity index is 1.44. The first-order chi connectivity index (χ1) is 16.1. The van der Waals surface area contributed by atoms with E-state index < -0.39 is 0 Å². The molecule has 1 fully saturated rings. The molecule has 0 bridgehead atoms. The summed E-state index contributed by atoms with van der Waals surface area (Å²) >= 11 is 0. The molecule has 33 heavy (non-hydrogen) atoms. The first kappa shape index (κ1) is 24.5. The summed E-state index contributed by atoms with van der Waals surface area (Å²) in [5, 5.41) is 0. The molecule has 0 aliphatic heterocycles. The van der Waals surface area contributed by atoms with E-state index in [0.29, 0.717) is 18.3 Å². The Morgan fingerprint density at radius 2 is 1.48 bits per heavy atom. The SMILES string of the molecule is CCOC(C)Oc1ccc(C=CC=Cc2ccc(OC(=O)C=CC3CCCCC3)cc2)cc1. The summed E-state index contributed by atoms with van der Waals surface area (Å²) in [6.45, 7) is 4.45. The second-order valence-corrected chi connectivity index (χ2v) is 8.18. The Labute approximate surface area is 197 Å². The molecule has 0 N–H and O–H groups in total. The predicted octanol–water partition coefficient (Wildman–Crippen LogP) is 7.22. The molecule has 1 atom stereocenters. The fraction of sp³-hybridized carbons (Fsp3) is 0.345. The van der Waals surface area contributed by atoms with E-state index in [2.05, 4.69) is 0 Å². The Morgan fingerprint density at radius 3 is 2.06 bits per heavy atom. The molecular weight excluding hydrogens is 412 g/mol. The molecule has 2 aromatic rings. The number of esters is 1. The Kier molecular flexibility index (Phi) is 9.99. The average molecular weight is 447 g/mol. The highest BCUT2D eigenvalue weighted by Gasteiger charge is 2.10. The number of allylic oxidation sites excluding steroid dienone is 3. The van der Waals surface area contributed by atoms with Crippen LogP contribution in [0.5, 0.6) is 11.5 Å². The van der Waals surface area contributed by atoms with Gasteiger partial charge in [0, 0.05) is 12.7 Å². The molecule has 1 saturated carbocycles. The number of benzene rings is 2. The van der Waals surface area contributed by atoms with Gasteiger partial charge in [-0.3, -0.25) is 0 Å². The van der Waals surface area contributed by atoms with Crippen LogP contribution in [0.3, 0.4) is 0 Å². The maximum absolute atomic E-state index is 12.0. The monoisotopic (exact) mass is 446 g/mol. The number of carbonyl (C=O) groups excluding carboxylic acids is 1. The first-order valence-corrected chi connectivity index (χ1v) is 11.9. The molecule has 0 saturated heterocycles. The van der Waals surface area contributed by atoms with Crippen LogP contribution in [0.15, 0.2) is 72.8 Å². The van der Waals surface area contributed by atoms with Gasteiger partial charge >= 0.3 is 5.97 Å². The van der Waals surface area contributed by atoms with Crippen molar-refractivity contribution in [2.24, 2.45) is 5.92 Å². The lowest BCUT2D eigenvalue weighted by Crippen LogP contribution is -2.15. The van der Waals surface area contributed by atoms with Crippen molar-refractivity contribution in [2.45, 2.75) is 52.2 Å². The van der Waals surface area contributed by atoms with Crippen LogP contribution in [-0.2, 0) is 9.53 Å². The van der Waals surface area contributed by atoms with E-state index in [1.807, 2.05) is 92.8 Å².